The number of H-pyrrole nitrogens is 1. The van der Waals surface area contributed by atoms with Crippen molar-refractivity contribution in [2.24, 2.45) is 0 Å². The number of aromatic carboxylic acids is 1. The van der Waals surface area contributed by atoms with Gasteiger partial charge in [0.25, 0.3) is 5.56 Å². The Morgan fingerprint density at radius 2 is 2.00 bits per heavy atom. The standard InChI is InChI=1S/C21H25N3O4/c1-3-18-22-13(2)17(20(26)23-18)11-19(25)24-10-4-5-16(12-24)14-6-8-15(9-7-14)21(27)28/h6-9,16H,3-5,10-12H2,1-2H3,(H,27,28)(H,22,23,26)/t16-/m0/s1. The molecular formula is C21H25N3O4. The summed E-state index contributed by atoms with van der Waals surface area (Å²) in [6, 6.07) is 6.85. The number of hydrogen-bond donors (Lipinski definition) is 2. The molecule has 0 spiro atoms. The Bertz CT molecular complexity index is 934. The van der Waals surface area contributed by atoms with Gasteiger partial charge in [-0.1, -0.05) is 19.1 Å². The summed E-state index contributed by atoms with van der Waals surface area (Å²) in [6.07, 6.45) is 2.50. The number of hydrogen-bond acceptors (Lipinski definition) is 4. The van der Waals surface area contributed by atoms with Crippen LogP contribution in [-0.2, 0) is 17.6 Å². The van der Waals surface area contributed by atoms with Crippen LogP contribution in [0.1, 0.15) is 58.7 Å². The minimum Gasteiger partial charge on any atom is -0.478 e. The van der Waals surface area contributed by atoms with Crippen molar-refractivity contribution in [3.8, 4) is 0 Å². The monoisotopic (exact) mass is 383 g/mol. The van der Waals surface area contributed by atoms with Crippen LogP contribution in [0.5, 0.6) is 0 Å². The zero-order valence-electron chi connectivity index (χ0n) is 16.2. The molecule has 7 nitrogen and oxygen atoms in total. The number of rotatable bonds is 5. The number of amides is 1. The maximum Gasteiger partial charge on any atom is 0.335 e. The van der Waals surface area contributed by atoms with Crippen LogP contribution in [0.4, 0.5) is 0 Å². The van der Waals surface area contributed by atoms with E-state index in [1.54, 1.807) is 24.0 Å². The molecule has 0 unspecified atom stereocenters. The number of carbonyl (C=O) groups is 2. The summed E-state index contributed by atoms with van der Waals surface area (Å²) in [5, 5.41) is 9.03. The SMILES string of the molecule is CCc1nc(C)c(CC(=O)N2CCC[C@H](c3ccc(C(=O)O)cc3)C2)c(=O)[nH]1. The maximum absolute atomic E-state index is 12.8. The molecule has 2 aromatic rings. The zero-order valence-corrected chi connectivity index (χ0v) is 16.2. The second kappa shape index (κ2) is 8.37. The highest BCUT2D eigenvalue weighted by molar-refractivity contribution is 5.87. The van der Waals surface area contributed by atoms with Gasteiger partial charge in [-0.15, -0.1) is 0 Å². The second-order valence-electron chi connectivity index (χ2n) is 7.21. The van der Waals surface area contributed by atoms with Gasteiger partial charge < -0.3 is 15.0 Å². The molecule has 1 aromatic carbocycles. The maximum atomic E-state index is 12.8. The molecule has 2 N–H and O–H groups in total. The fourth-order valence-corrected chi connectivity index (χ4v) is 3.68. The zero-order chi connectivity index (χ0) is 20.3. The Labute approximate surface area is 163 Å². The number of carbonyl (C=O) groups excluding carboxylic acids is 1. The second-order valence-corrected chi connectivity index (χ2v) is 7.21. The van der Waals surface area contributed by atoms with Crippen molar-refractivity contribution in [2.75, 3.05) is 13.1 Å². The number of piperidine rings is 1. The van der Waals surface area contributed by atoms with E-state index in [-0.39, 0.29) is 29.4 Å². The third-order valence-corrected chi connectivity index (χ3v) is 5.34. The van der Waals surface area contributed by atoms with Gasteiger partial charge in [-0.2, -0.15) is 0 Å². The molecule has 1 amide bonds. The van der Waals surface area contributed by atoms with E-state index >= 15 is 0 Å². The van der Waals surface area contributed by atoms with E-state index < -0.39 is 5.97 Å². The molecule has 1 fully saturated rings. The molecule has 148 valence electrons. The van der Waals surface area contributed by atoms with E-state index in [2.05, 4.69) is 9.97 Å². The first kappa shape index (κ1) is 19.8. The molecular weight excluding hydrogens is 358 g/mol. The quantitative estimate of drug-likeness (QED) is 0.824. The van der Waals surface area contributed by atoms with Gasteiger partial charge in [0.15, 0.2) is 0 Å². The summed E-state index contributed by atoms with van der Waals surface area (Å²) in [5.41, 5.74) is 2.08. The third kappa shape index (κ3) is 4.30. The van der Waals surface area contributed by atoms with E-state index in [1.165, 1.54) is 0 Å². The van der Waals surface area contributed by atoms with Crippen molar-refractivity contribution < 1.29 is 14.7 Å². The number of likely N-dealkylation sites (tertiary alicyclic amines) is 1. The van der Waals surface area contributed by atoms with Crippen LogP contribution < -0.4 is 5.56 Å². The van der Waals surface area contributed by atoms with E-state index in [1.807, 2.05) is 19.1 Å². The summed E-state index contributed by atoms with van der Waals surface area (Å²) in [5.74, 6) is -0.233. The van der Waals surface area contributed by atoms with Crippen LogP contribution in [0, 0.1) is 6.92 Å². The minimum absolute atomic E-state index is 0.0445. The number of carboxylic acid groups (broad SMARTS) is 1. The van der Waals surface area contributed by atoms with E-state index in [0.29, 0.717) is 36.6 Å². The molecule has 0 bridgehead atoms. The van der Waals surface area contributed by atoms with Crippen LogP contribution >= 0.6 is 0 Å². The predicted molar refractivity (Wildman–Crippen MR) is 105 cm³/mol. The van der Waals surface area contributed by atoms with Gasteiger partial charge in [-0.05, 0) is 37.5 Å². The highest BCUT2D eigenvalue weighted by Gasteiger charge is 2.26. The number of aromatic amines is 1. The number of benzene rings is 1. The number of nitrogens with zero attached hydrogens (tertiary/aromatic N) is 2. The van der Waals surface area contributed by atoms with Crippen LogP contribution in [0.3, 0.4) is 0 Å². The normalized spacial score (nSPS) is 16.8. The van der Waals surface area contributed by atoms with Gasteiger partial charge in [0.05, 0.1) is 12.0 Å². The number of carboxylic acids is 1. The Balaban J connectivity index is 1.71. The summed E-state index contributed by atoms with van der Waals surface area (Å²) < 4.78 is 0. The van der Waals surface area contributed by atoms with Crippen LogP contribution in [0.15, 0.2) is 29.1 Å². The molecule has 0 saturated carbocycles. The first-order valence-corrected chi connectivity index (χ1v) is 9.58. The first-order chi connectivity index (χ1) is 13.4. The molecule has 28 heavy (non-hydrogen) atoms. The lowest BCUT2D eigenvalue weighted by atomic mass is 9.90. The Hall–Kier alpha value is -2.96. The topological polar surface area (TPSA) is 103 Å². The van der Waals surface area contributed by atoms with Gasteiger partial charge >= 0.3 is 5.97 Å². The predicted octanol–water partition coefficient (Wildman–Crippen LogP) is 2.29. The van der Waals surface area contributed by atoms with Crippen LogP contribution in [0.25, 0.3) is 0 Å². The van der Waals surface area contributed by atoms with Crippen molar-refractivity contribution in [1.82, 2.24) is 14.9 Å². The smallest absolute Gasteiger partial charge is 0.335 e. The molecule has 1 aromatic heterocycles. The van der Waals surface area contributed by atoms with Crippen molar-refractivity contribution in [1.29, 1.82) is 0 Å². The van der Waals surface area contributed by atoms with E-state index in [0.717, 1.165) is 18.4 Å². The van der Waals surface area contributed by atoms with Crippen LogP contribution in [-0.4, -0.2) is 44.9 Å². The Morgan fingerprint density at radius 3 is 2.61 bits per heavy atom. The molecule has 1 saturated heterocycles. The molecule has 1 aliphatic rings. The summed E-state index contributed by atoms with van der Waals surface area (Å²) in [6.45, 7) is 4.92. The summed E-state index contributed by atoms with van der Waals surface area (Å²) >= 11 is 0. The number of aryl methyl sites for hydroxylation is 2. The lowest BCUT2D eigenvalue weighted by Crippen LogP contribution is -2.40. The molecule has 0 radical (unpaired) electrons. The van der Waals surface area contributed by atoms with Gasteiger partial charge in [0, 0.05) is 36.7 Å². The lowest BCUT2D eigenvalue weighted by molar-refractivity contribution is -0.131. The average Bonchev–Trinajstić information content (AvgIpc) is 2.70. The van der Waals surface area contributed by atoms with Crippen molar-refractivity contribution in [3.63, 3.8) is 0 Å². The Morgan fingerprint density at radius 1 is 1.29 bits per heavy atom. The highest BCUT2D eigenvalue weighted by Crippen LogP contribution is 2.27. The molecule has 0 aliphatic carbocycles. The molecule has 3 rings (SSSR count). The first-order valence-electron chi connectivity index (χ1n) is 9.58. The van der Waals surface area contributed by atoms with Crippen LogP contribution in [0.2, 0.25) is 0 Å². The Kier molecular flexibility index (Phi) is 5.92. The number of aromatic nitrogens is 2. The fourth-order valence-electron chi connectivity index (χ4n) is 3.68. The van der Waals surface area contributed by atoms with Crippen molar-refractivity contribution in [2.45, 2.75) is 45.4 Å². The minimum atomic E-state index is -0.949. The van der Waals surface area contributed by atoms with Gasteiger partial charge in [0.2, 0.25) is 5.91 Å². The fraction of sp³-hybridized carbons (Fsp3) is 0.429. The van der Waals surface area contributed by atoms with Gasteiger partial charge in [0.1, 0.15) is 5.82 Å². The largest absolute Gasteiger partial charge is 0.478 e. The summed E-state index contributed by atoms with van der Waals surface area (Å²) in [7, 11) is 0. The van der Waals surface area contributed by atoms with E-state index in [4.69, 9.17) is 5.11 Å². The van der Waals surface area contributed by atoms with Gasteiger partial charge in [-0.3, -0.25) is 9.59 Å². The van der Waals surface area contributed by atoms with Gasteiger partial charge in [-0.25, -0.2) is 9.78 Å². The van der Waals surface area contributed by atoms with E-state index in [9.17, 15) is 14.4 Å². The molecule has 2 heterocycles. The lowest BCUT2D eigenvalue weighted by Gasteiger charge is -2.33. The highest BCUT2D eigenvalue weighted by atomic mass is 16.4. The van der Waals surface area contributed by atoms with Crippen molar-refractivity contribution in [3.05, 3.63) is 62.8 Å². The summed E-state index contributed by atoms with van der Waals surface area (Å²) in [4.78, 5) is 45.0. The molecule has 1 atom stereocenters. The third-order valence-electron chi connectivity index (χ3n) is 5.34. The number of nitrogens with one attached hydrogen (secondary N) is 1. The molecule has 7 heteroatoms. The average molecular weight is 383 g/mol. The molecule has 1 aliphatic heterocycles. The van der Waals surface area contributed by atoms with Crippen molar-refractivity contribution >= 4 is 11.9 Å².